The van der Waals surface area contributed by atoms with Crippen LogP contribution in [0, 0.1) is 17.0 Å². The van der Waals surface area contributed by atoms with Crippen LogP contribution in [0.1, 0.15) is 24.3 Å². The van der Waals surface area contributed by atoms with E-state index in [0.717, 1.165) is 5.56 Å². The number of nitro groups is 1. The second kappa shape index (κ2) is 7.51. The summed E-state index contributed by atoms with van der Waals surface area (Å²) in [5.74, 6) is 0.601. The van der Waals surface area contributed by atoms with Crippen LogP contribution in [0.2, 0.25) is 0 Å². The second-order valence-electron chi connectivity index (χ2n) is 4.79. The molecule has 1 N–H and O–H groups in total. The zero-order chi connectivity index (χ0) is 15.9. The van der Waals surface area contributed by atoms with Crippen molar-refractivity contribution in [2.75, 3.05) is 18.5 Å². The van der Waals surface area contributed by atoms with Crippen molar-refractivity contribution in [3.8, 4) is 0 Å². The summed E-state index contributed by atoms with van der Waals surface area (Å²) < 4.78 is 5.74. The zero-order valence-electron chi connectivity index (χ0n) is 12.7. The molecule has 1 aromatic carbocycles. The van der Waals surface area contributed by atoms with Crippen LogP contribution in [0.4, 0.5) is 11.5 Å². The maximum absolute atomic E-state index is 10.8. The molecule has 0 bridgehead atoms. The number of hydrogen-bond acceptors (Lipinski definition) is 5. The molecule has 0 spiro atoms. The molecule has 1 heterocycles. The van der Waals surface area contributed by atoms with Crippen LogP contribution in [0.5, 0.6) is 0 Å². The second-order valence-corrected chi connectivity index (χ2v) is 4.79. The molecule has 1 unspecified atom stereocenters. The van der Waals surface area contributed by atoms with Gasteiger partial charge in [0.05, 0.1) is 11.0 Å². The third-order valence-electron chi connectivity index (χ3n) is 3.26. The molecule has 0 aliphatic carbocycles. The number of nitrogens with zero attached hydrogens (tertiary/aromatic N) is 2. The van der Waals surface area contributed by atoms with Gasteiger partial charge in [0.15, 0.2) is 0 Å². The summed E-state index contributed by atoms with van der Waals surface area (Å²) in [5, 5.41) is 14.0. The highest BCUT2D eigenvalue weighted by Crippen LogP contribution is 2.20. The number of pyridine rings is 1. The normalized spacial score (nSPS) is 11.9. The standard InChI is InChI=1S/C16H19N3O3/c1-3-22-15(13-7-5-4-6-8-13)11-17-16-10-9-14(19(20)21)12(2)18-16/h4-10,15H,3,11H2,1-2H3,(H,17,18). The van der Waals surface area contributed by atoms with Crippen LogP contribution in [-0.2, 0) is 4.74 Å². The average molecular weight is 301 g/mol. The van der Waals surface area contributed by atoms with Crippen molar-refractivity contribution in [1.29, 1.82) is 0 Å². The molecule has 0 amide bonds. The van der Waals surface area contributed by atoms with E-state index in [1.54, 1.807) is 13.0 Å². The van der Waals surface area contributed by atoms with E-state index in [0.29, 0.717) is 24.7 Å². The first-order valence-corrected chi connectivity index (χ1v) is 7.14. The molecule has 6 heteroatoms. The smallest absolute Gasteiger partial charge is 0.290 e. The van der Waals surface area contributed by atoms with Gasteiger partial charge in [-0.25, -0.2) is 4.98 Å². The molecule has 0 radical (unpaired) electrons. The number of aromatic nitrogens is 1. The third kappa shape index (κ3) is 4.02. The molecule has 0 fully saturated rings. The van der Waals surface area contributed by atoms with Gasteiger partial charge in [-0.1, -0.05) is 30.3 Å². The van der Waals surface area contributed by atoms with Crippen molar-refractivity contribution < 1.29 is 9.66 Å². The van der Waals surface area contributed by atoms with E-state index >= 15 is 0 Å². The molecule has 0 aliphatic rings. The van der Waals surface area contributed by atoms with Crippen LogP contribution < -0.4 is 5.32 Å². The van der Waals surface area contributed by atoms with Crippen LogP contribution in [0.3, 0.4) is 0 Å². The van der Waals surface area contributed by atoms with Gasteiger partial charge in [0.25, 0.3) is 5.69 Å². The van der Waals surface area contributed by atoms with E-state index in [1.165, 1.54) is 6.07 Å². The van der Waals surface area contributed by atoms with Gasteiger partial charge < -0.3 is 10.1 Å². The summed E-state index contributed by atoms with van der Waals surface area (Å²) in [6.45, 7) is 4.72. The van der Waals surface area contributed by atoms with Crippen molar-refractivity contribution in [1.82, 2.24) is 4.98 Å². The lowest BCUT2D eigenvalue weighted by Gasteiger charge is -2.18. The highest BCUT2D eigenvalue weighted by molar-refractivity contribution is 5.45. The Hall–Kier alpha value is -2.47. The Labute approximate surface area is 129 Å². The minimum Gasteiger partial charge on any atom is -0.372 e. The van der Waals surface area contributed by atoms with Crippen LogP contribution in [0.15, 0.2) is 42.5 Å². The number of rotatable bonds is 7. The maximum atomic E-state index is 10.8. The molecule has 1 aromatic heterocycles. The topological polar surface area (TPSA) is 77.3 Å². The first-order valence-electron chi connectivity index (χ1n) is 7.14. The van der Waals surface area contributed by atoms with Gasteiger partial charge in [0.1, 0.15) is 11.5 Å². The molecule has 2 aromatic rings. The lowest BCUT2D eigenvalue weighted by molar-refractivity contribution is -0.385. The van der Waals surface area contributed by atoms with Crippen LogP contribution in [-0.4, -0.2) is 23.1 Å². The van der Waals surface area contributed by atoms with E-state index in [9.17, 15) is 10.1 Å². The summed E-state index contributed by atoms with van der Waals surface area (Å²) in [4.78, 5) is 14.6. The summed E-state index contributed by atoms with van der Waals surface area (Å²) in [6.07, 6.45) is -0.0940. The SMILES string of the molecule is CCOC(CNc1ccc([N+](=O)[O-])c(C)n1)c1ccccc1. The van der Waals surface area contributed by atoms with Crippen LogP contribution >= 0.6 is 0 Å². The van der Waals surface area contributed by atoms with Gasteiger partial charge in [-0.3, -0.25) is 10.1 Å². The van der Waals surface area contributed by atoms with Gasteiger partial charge in [-0.05, 0) is 25.5 Å². The predicted molar refractivity (Wildman–Crippen MR) is 84.9 cm³/mol. The molecule has 22 heavy (non-hydrogen) atoms. The van der Waals surface area contributed by atoms with E-state index in [2.05, 4.69) is 10.3 Å². The van der Waals surface area contributed by atoms with Crippen molar-refractivity contribution in [3.63, 3.8) is 0 Å². The average Bonchev–Trinajstić information content (AvgIpc) is 2.52. The van der Waals surface area contributed by atoms with Crippen molar-refractivity contribution >= 4 is 11.5 Å². The minimum absolute atomic E-state index is 0.0231. The highest BCUT2D eigenvalue weighted by atomic mass is 16.6. The molecular formula is C16H19N3O3. The van der Waals surface area contributed by atoms with Gasteiger partial charge in [-0.15, -0.1) is 0 Å². The van der Waals surface area contributed by atoms with Gasteiger partial charge >= 0.3 is 0 Å². The molecule has 116 valence electrons. The number of ether oxygens (including phenoxy) is 1. The van der Waals surface area contributed by atoms with Gasteiger partial charge in [0.2, 0.25) is 0 Å². The Morgan fingerprint density at radius 3 is 2.59 bits per heavy atom. The maximum Gasteiger partial charge on any atom is 0.290 e. The Balaban J connectivity index is 2.06. The first kappa shape index (κ1) is 15.9. The van der Waals surface area contributed by atoms with E-state index in [4.69, 9.17) is 4.74 Å². The van der Waals surface area contributed by atoms with Crippen molar-refractivity contribution in [2.24, 2.45) is 0 Å². The summed E-state index contributed by atoms with van der Waals surface area (Å²) in [6, 6.07) is 13.0. The van der Waals surface area contributed by atoms with Gasteiger partial charge in [-0.2, -0.15) is 0 Å². The monoisotopic (exact) mass is 301 g/mol. The summed E-state index contributed by atoms with van der Waals surface area (Å²) in [5.41, 5.74) is 1.49. The number of nitrogens with one attached hydrogen (secondary N) is 1. The van der Waals surface area contributed by atoms with E-state index < -0.39 is 4.92 Å². The molecule has 1 atom stereocenters. The molecule has 0 saturated heterocycles. The van der Waals surface area contributed by atoms with Crippen LogP contribution in [0.25, 0.3) is 0 Å². The third-order valence-corrected chi connectivity index (χ3v) is 3.26. The predicted octanol–water partition coefficient (Wildman–Crippen LogP) is 3.49. The van der Waals surface area contributed by atoms with E-state index in [-0.39, 0.29) is 11.8 Å². The lowest BCUT2D eigenvalue weighted by Crippen LogP contribution is -2.16. The fourth-order valence-electron chi connectivity index (χ4n) is 2.18. The molecule has 0 aliphatic heterocycles. The van der Waals surface area contributed by atoms with Crippen molar-refractivity contribution in [3.05, 3.63) is 63.8 Å². The molecule has 2 rings (SSSR count). The summed E-state index contributed by atoms with van der Waals surface area (Å²) in [7, 11) is 0. The van der Waals surface area contributed by atoms with Gasteiger partial charge in [0, 0.05) is 19.2 Å². The first-order chi connectivity index (χ1) is 10.6. The Morgan fingerprint density at radius 2 is 2.00 bits per heavy atom. The Morgan fingerprint density at radius 1 is 1.27 bits per heavy atom. The highest BCUT2D eigenvalue weighted by Gasteiger charge is 2.14. The quantitative estimate of drug-likeness (QED) is 0.625. The molecule has 0 saturated carbocycles. The fourth-order valence-corrected chi connectivity index (χ4v) is 2.18. The van der Waals surface area contributed by atoms with E-state index in [1.807, 2.05) is 37.3 Å². The lowest BCUT2D eigenvalue weighted by atomic mass is 10.1. The fraction of sp³-hybridized carbons (Fsp3) is 0.312. The Bertz CT molecular complexity index is 632. The number of anilines is 1. The number of aryl methyl sites for hydroxylation is 1. The minimum atomic E-state index is -0.431. The number of benzene rings is 1. The zero-order valence-corrected chi connectivity index (χ0v) is 12.7. The molecular weight excluding hydrogens is 282 g/mol. The largest absolute Gasteiger partial charge is 0.372 e. The summed E-state index contributed by atoms with van der Waals surface area (Å²) >= 11 is 0. The molecule has 6 nitrogen and oxygen atoms in total. The Kier molecular flexibility index (Phi) is 5.43. The van der Waals surface area contributed by atoms with Crippen molar-refractivity contribution in [2.45, 2.75) is 20.0 Å². The number of hydrogen-bond donors (Lipinski definition) is 1.